The van der Waals surface area contributed by atoms with Gasteiger partial charge in [-0.1, -0.05) is 6.07 Å². The molecule has 20 heavy (non-hydrogen) atoms. The van der Waals surface area contributed by atoms with Crippen LogP contribution in [0.5, 0.6) is 0 Å². The molecule has 1 heterocycles. The molecule has 0 unspecified atom stereocenters. The van der Waals surface area contributed by atoms with E-state index >= 15 is 0 Å². The van der Waals surface area contributed by atoms with Gasteiger partial charge in [-0.2, -0.15) is 0 Å². The first kappa shape index (κ1) is 16.7. The average Bonchev–Trinajstić information content (AvgIpc) is 2.91. The molecule has 6 heteroatoms. The summed E-state index contributed by atoms with van der Waals surface area (Å²) in [5.41, 5.74) is 0. The third kappa shape index (κ3) is 7.25. The molecule has 0 saturated heterocycles. The number of hydrogen-bond acceptors (Lipinski definition) is 4. The molecule has 1 rings (SSSR count). The SMILES string of the molecule is CC(C)OCCCNC(=O)CCNC(=O)c1cccs1. The summed E-state index contributed by atoms with van der Waals surface area (Å²) in [7, 11) is 0. The van der Waals surface area contributed by atoms with Crippen molar-refractivity contribution in [1.29, 1.82) is 0 Å². The first-order valence-electron chi connectivity index (χ1n) is 6.79. The Labute approximate surface area is 123 Å². The second-order valence-corrected chi connectivity index (χ2v) is 5.55. The Morgan fingerprint density at radius 1 is 1.30 bits per heavy atom. The fourth-order valence-electron chi connectivity index (χ4n) is 1.49. The van der Waals surface area contributed by atoms with E-state index < -0.39 is 0 Å². The van der Waals surface area contributed by atoms with Crippen LogP contribution in [-0.2, 0) is 9.53 Å². The zero-order chi connectivity index (χ0) is 14.8. The summed E-state index contributed by atoms with van der Waals surface area (Å²) in [4.78, 5) is 23.8. The fraction of sp³-hybridized carbons (Fsp3) is 0.571. The van der Waals surface area contributed by atoms with Crippen LogP contribution in [0.1, 0.15) is 36.4 Å². The Hall–Kier alpha value is -1.40. The molecule has 2 N–H and O–H groups in total. The molecular weight excluding hydrogens is 276 g/mol. The lowest BCUT2D eigenvalue weighted by Gasteiger charge is -2.08. The second-order valence-electron chi connectivity index (χ2n) is 4.61. The number of nitrogens with one attached hydrogen (secondary N) is 2. The molecule has 0 aromatic carbocycles. The van der Waals surface area contributed by atoms with Crippen LogP contribution in [0.4, 0.5) is 0 Å². The maximum absolute atomic E-state index is 11.6. The standard InChI is InChI=1S/C14H22N2O3S/c1-11(2)19-9-4-7-15-13(17)6-8-16-14(18)12-5-3-10-20-12/h3,5,10-11H,4,6-9H2,1-2H3,(H,15,17)(H,16,18). The molecule has 0 atom stereocenters. The van der Waals surface area contributed by atoms with Crippen molar-refractivity contribution in [3.63, 3.8) is 0 Å². The van der Waals surface area contributed by atoms with Gasteiger partial charge < -0.3 is 15.4 Å². The third-order valence-electron chi connectivity index (χ3n) is 2.48. The van der Waals surface area contributed by atoms with Crippen LogP contribution in [0.2, 0.25) is 0 Å². The summed E-state index contributed by atoms with van der Waals surface area (Å²) >= 11 is 1.38. The van der Waals surface area contributed by atoms with Crippen LogP contribution in [0.3, 0.4) is 0 Å². The zero-order valence-corrected chi connectivity index (χ0v) is 12.8. The van der Waals surface area contributed by atoms with Gasteiger partial charge >= 0.3 is 0 Å². The average molecular weight is 298 g/mol. The summed E-state index contributed by atoms with van der Waals surface area (Å²) in [6.45, 7) is 5.56. The molecule has 0 aliphatic heterocycles. The van der Waals surface area contributed by atoms with Crippen molar-refractivity contribution in [2.75, 3.05) is 19.7 Å². The molecule has 0 bridgehead atoms. The summed E-state index contributed by atoms with van der Waals surface area (Å²) in [5, 5.41) is 7.36. The van der Waals surface area contributed by atoms with Crippen molar-refractivity contribution in [2.45, 2.75) is 32.8 Å². The van der Waals surface area contributed by atoms with Gasteiger partial charge in [0.2, 0.25) is 5.91 Å². The first-order chi connectivity index (χ1) is 9.59. The summed E-state index contributed by atoms with van der Waals surface area (Å²) in [6.07, 6.45) is 1.31. The van der Waals surface area contributed by atoms with Crippen LogP contribution >= 0.6 is 11.3 Å². The van der Waals surface area contributed by atoms with Crippen molar-refractivity contribution < 1.29 is 14.3 Å². The highest BCUT2D eigenvalue weighted by Crippen LogP contribution is 2.07. The van der Waals surface area contributed by atoms with Gasteiger partial charge in [-0.25, -0.2) is 0 Å². The minimum Gasteiger partial charge on any atom is -0.379 e. The zero-order valence-electron chi connectivity index (χ0n) is 12.0. The Balaban J connectivity index is 2.01. The minimum atomic E-state index is -0.127. The van der Waals surface area contributed by atoms with Gasteiger partial charge in [-0.15, -0.1) is 11.3 Å². The van der Waals surface area contributed by atoms with E-state index in [2.05, 4.69) is 10.6 Å². The van der Waals surface area contributed by atoms with Gasteiger partial charge in [0.25, 0.3) is 5.91 Å². The molecule has 2 amide bonds. The van der Waals surface area contributed by atoms with E-state index in [1.165, 1.54) is 11.3 Å². The van der Waals surface area contributed by atoms with E-state index in [9.17, 15) is 9.59 Å². The molecule has 0 fully saturated rings. The fourth-order valence-corrected chi connectivity index (χ4v) is 2.13. The van der Waals surface area contributed by atoms with E-state index in [-0.39, 0.29) is 17.9 Å². The molecule has 0 radical (unpaired) electrons. The maximum atomic E-state index is 11.6. The maximum Gasteiger partial charge on any atom is 0.261 e. The number of carbonyl (C=O) groups excluding carboxylic acids is 2. The molecule has 0 saturated carbocycles. The van der Waals surface area contributed by atoms with Crippen LogP contribution in [-0.4, -0.2) is 37.6 Å². The molecule has 0 aliphatic rings. The summed E-state index contributed by atoms with van der Waals surface area (Å²) in [6, 6.07) is 3.58. The Morgan fingerprint density at radius 2 is 2.10 bits per heavy atom. The molecule has 112 valence electrons. The van der Waals surface area contributed by atoms with Gasteiger partial charge in [0, 0.05) is 26.1 Å². The predicted octanol–water partition coefficient (Wildman–Crippen LogP) is 1.80. The summed E-state index contributed by atoms with van der Waals surface area (Å²) < 4.78 is 5.37. The number of rotatable bonds is 9. The lowest BCUT2D eigenvalue weighted by Crippen LogP contribution is -2.31. The van der Waals surface area contributed by atoms with Crippen LogP contribution in [0, 0.1) is 0 Å². The van der Waals surface area contributed by atoms with E-state index in [4.69, 9.17) is 4.74 Å². The van der Waals surface area contributed by atoms with E-state index in [1.807, 2.05) is 25.3 Å². The highest BCUT2D eigenvalue weighted by atomic mass is 32.1. The van der Waals surface area contributed by atoms with Crippen molar-refractivity contribution in [2.24, 2.45) is 0 Å². The van der Waals surface area contributed by atoms with Gasteiger partial charge in [0.1, 0.15) is 0 Å². The monoisotopic (exact) mass is 298 g/mol. The molecule has 1 aromatic heterocycles. The number of carbonyl (C=O) groups is 2. The van der Waals surface area contributed by atoms with Crippen molar-refractivity contribution in [3.8, 4) is 0 Å². The Bertz CT molecular complexity index is 405. The van der Waals surface area contributed by atoms with Gasteiger partial charge in [-0.3, -0.25) is 9.59 Å². The van der Waals surface area contributed by atoms with Crippen molar-refractivity contribution in [3.05, 3.63) is 22.4 Å². The van der Waals surface area contributed by atoms with Gasteiger partial charge in [-0.05, 0) is 31.7 Å². The van der Waals surface area contributed by atoms with Crippen molar-refractivity contribution >= 4 is 23.2 Å². The second kappa shape index (κ2) is 9.50. The predicted molar refractivity (Wildman–Crippen MR) is 80.0 cm³/mol. The minimum absolute atomic E-state index is 0.0546. The van der Waals surface area contributed by atoms with E-state index in [1.54, 1.807) is 6.07 Å². The smallest absolute Gasteiger partial charge is 0.261 e. The van der Waals surface area contributed by atoms with E-state index in [0.717, 1.165) is 6.42 Å². The largest absolute Gasteiger partial charge is 0.379 e. The molecule has 5 nitrogen and oxygen atoms in total. The number of hydrogen-bond donors (Lipinski definition) is 2. The van der Waals surface area contributed by atoms with Gasteiger partial charge in [0.05, 0.1) is 11.0 Å². The Morgan fingerprint density at radius 3 is 2.75 bits per heavy atom. The highest BCUT2D eigenvalue weighted by Gasteiger charge is 2.06. The van der Waals surface area contributed by atoms with Gasteiger partial charge in [0.15, 0.2) is 0 Å². The molecule has 0 spiro atoms. The molecular formula is C14H22N2O3S. The van der Waals surface area contributed by atoms with Crippen LogP contribution < -0.4 is 10.6 Å². The quantitative estimate of drug-likeness (QED) is 0.683. The third-order valence-corrected chi connectivity index (χ3v) is 3.35. The number of ether oxygens (including phenoxy) is 1. The Kier molecular flexibility index (Phi) is 7.91. The number of amides is 2. The summed E-state index contributed by atoms with van der Waals surface area (Å²) in [5.74, 6) is -0.181. The lowest BCUT2D eigenvalue weighted by molar-refractivity contribution is -0.121. The number of thiophene rings is 1. The van der Waals surface area contributed by atoms with Crippen LogP contribution in [0.25, 0.3) is 0 Å². The normalized spacial score (nSPS) is 10.6. The molecule has 0 aliphatic carbocycles. The topological polar surface area (TPSA) is 67.4 Å². The highest BCUT2D eigenvalue weighted by molar-refractivity contribution is 7.12. The lowest BCUT2D eigenvalue weighted by atomic mass is 10.3. The van der Waals surface area contributed by atoms with Crippen molar-refractivity contribution in [1.82, 2.24) is 10.6 Å². The first-order valence-corrected chi connectivity index (χ1v) is 7.67. The van der Waals surface area contributed by atoms with E-state index in [0.29, 0.717) is 31.0 Å². The van der Waals surface area contributed by atoms with Crippen LogP contribution in [0.15, 0.2) is 17.5 Å². The molecule has 1 aromatic rings.